The Morgan fingerprint density at radius 1 is 0.393 bits per heavy atom. The molecule has 28 heavy (non-hydrogen) atoms. The van der Waals surface area contributed by atoms with Crippen molar-refractivity contribution < 1.29 is 0 Å². The van der Waals surface area contributed by atoms with Crippen molar-refractivity contribution in [2.75, 3.05) is 0 Å². The lowest BCUT2D eigenvalue weighted by Crippen LogP contribution is -1.80. The molecule has 0 saturated heterocycles. The van der Waals surface area contributed by atoms with Gasteiger partial charge in [-0.25, -0.2) is 0 Å². The summed E-state index contributed by atoms with van der Waals surface area (Å²) in [6, 6.07) is 33.2. The van der Waals surface area contributed by atoms with Crippen molar-refractivity contribution in [2.45, 2.75) is 0 Å². The van der Waals surface area contributed by atoms with Crippen LogP contribution in [-0.4, -0.2) is 9.97 Å². The average molecular weight is 358 g/mol. The van der Waals surface area contributed by atoms with Crippen LogP contribution in [0.25, 0.3) is 43.4 Å². The molecule has 2 heterocycles. The summed E-state index contributed by atoms with van der Waals surface area (Å²) in [6.07, 6.45) is 3.76. The molecule has 0 aliphatic heterocycles. The Labute approximate surface area is 163 Å². The van der Waals surface area contributed by atoms with Gasteiger partial charge in [0, 0.05) is 28.6 Å². The number of nitrogens with zero attached hydrogens (tertiary/aromatic N) is 2. The standard InChI is InChI=1S/2C13H9N/c1-2-6-11-10(5-1)9-14-13-8-4-3-7-12(11)13;1-2-5-11-10(4-1)7-8-13-12(11)6-3-9-14-13/h2*1-9H. The average Bonchev–Trinajstić information content (AvgIpc) is 2.79. The first-order valence-corrected chi connectivity index (χ1v) is 9.35. The lowest BCUT2D eigenvalue weighted by molar-refractivity contribution is 1.42. The number of pyridine rings is 2. The predicted octanol–water partition coefficient (Wildman–Crippen LogP) is 6.78. The van der Waals surface area contributed by atoms with E-state index >= 15 is 0 Å². The first-order chi connectivity index (χ1) is 13.9. The van der Waals surface area contributed by atoms with Gasteiger partial charge in [0.15, 0.2) is 0 Å². The number of para-hydroxylation sites is 1. The monoisotopic (exact) mass is 358 g/mol. The quantitative estimate of drug-likeness (QED) is 0.280. The van der Waals surface area contributed by atoms with Gasteiger partial charge < -0.3 is 0 Å². The highest BCUT2D eigenvalue weighted by molar-refractivity contribution is 6.06. The molecule has 0 bridgehead atoms. The van der Waals surface area contributed by atoms with Crippen LogP contribution < -0.4 is 0 Å². The fourth-order valence-corrected chi connectivity index (χ4v) is 3.64. The van der Waals surface area contributed by atoms with E-state index in [-0.39, 0.29) is 0 Å². The third kappa shape index (κ3) is 2.95. The zero-order chi connectivity index (χ0) is 18.8. The van der Waals surface area contributed by atoms with Crippen molar-refractivity contribution in [2.24, 2.45) is 0 Å². The van der Waals surface area contributed by atoms with Gasteiger partial charge >= 0.3 is 0 Å². The fraction of sp³-hybridized carbons (Fsp3) is 0. The second kappa shape index (κ2) is 7.09. The molecule has 0 aliphatic rings. The number of hydrogen-bond acceptors (Lipinski definition) is 2. The summed E-state index contributed by atoms with van der Waals surface area (Å²) < 4.78 is 0. The van der Waals surface area contributed by atoms with Crippen LogP contribution in [0.1, 0.15) is 0 Å². The third-order valence-electron chi connectivity index (χ3n) is 5.01. The molecule has 0 unspecified atom stereocenters. The van der Waals surface area contributed by atoms with Gasteiger partial charge in [-0.05, 0) is 34.4 Å². The van der Waals surface area contributed by atoms with Gasteiger partial charge in [-0.15, -0.1) is 0 Å². The molecule has 0 fully saturated rings. The number of rotatable bonds is 0. The summed E-state index contributed by atoms with van der Waals surface area (Å²) in [4.78, 5) is 8.74. The van der Waals surface area contributed by atoms with Gasteiger partial charge in [0.05, 0.1) is 11.0 Å². The van der Waals surface area contributed by atoms with Crippen LogP contribution in [0.2, 0.25) is 0 Å². The second-order valence-corrected chi connectivity index (χ2v) is 6.72. The summed E-state index contributed by atoms with van der Waals surface area (Å²) in [6.45, 7) is 0. The maximum absolute atomic E-state index is 4.41. The van der Waals surface area contributed by atoms with Crippen molar-refractivity contribution >= 4 is 43.4 Å². The lowest BCUT2D eigenvalue weighted by atomic mass is 10.1. The zero-order valence-electron chi connectivity index (χ0n) is 15.3. The molecule has 0 spiro atoms. The van der Waals surface area contributed by atoms with Gasteiger partial charge in [-0.2, -0.15) is 0 Å². The van der Waals surface area contributed by atoms with Crippen molar-refractivity contribution in [3.8, 4) is 0 Å². The number of benzene rings is 4. The fourth-order valence-electron chi connectivity index (χ4n) is 3.64. The normalized spacial score (nSPS) is 10.9. The predicted molar refractivity (Wildman–Crippen MR) is 118 cm³/mol. The highest BCUT2D eigenvalue weighted by Gasteiger charge is 1.99. The molecule has 0 saturated carbocycles. The molecule has 2 nitrogen and oxygen atoms in total. The Bertz CT molecular complexity index is 1200. The molecule has 2 heteroatoms. The molecule has 0 amide bonds. The van der Waals surface area contributed by atoms with Crippen LogP contribution >= 0.6 is 0 Å². The van der Waals surface area contributed by atoms with Crippen molar-refractivity contribution in [3.63, 3.8) is 0 Å². The van der Waals surface area contributed by atoms with E-state index in [1.54, 1.807) is 0 Å². The van der Waals surface area contributed by atoms with Crippen molar-refractivity contribution in [1.29, 1.82) is 0 Å². The van der Waals surface area contributed by atoms with Crippen LogP contribution in [0.15, 0.2) is 109 Å². The Kier molecular flexibility index (Phi) is 4.15. The number of hydrogen-bond donors (Lipinski definition) is 0. The minimum absolute atomic E-state index is 1.06. The van der Waals surface area contributed by atoms with Gasteiger partial charge in [0.1, 0.15) is 0 Å². The van der Waals surface area contributed by atoms with Crippen LogP contribution in [0.4, 0.5) is 0 Å². The maximum Gasteiger partial charge on any atom is 0.0708 e. The van der Waals surface area contributed by atoms with E-state index in [9.17, 15) is 0 Å². The number of aromatic nitrogens is 2. The van der Waals surface area contributed by atoms with E-state index in [1.165, 1.54) is 32.3 Å². The molecular formula is C26H18N2. The van der Waals surface area contributed by atoms with E-state index in [1.807, 2.05) is 36.7 Å². The molecule has 6 aromatic rings. The van der Waals surface area contributed by atoms with Crippen LogP contribution in [0.5, 0.6) is 0 Å². The Morgan fingerprint density at radius 2 is 0.964 bits per heavy atom. The summed E-state index contributed by atoms with van der Waals surface area (Å²) in [5, 5.41) is 7.48. The molecule has 0 N–H and O–H groups in total. The van der Waals surface area contributed by atoms with Gasteiger partial charge in [-0.3, -0.25) is 9.97 Å². The topological polar surface area (TPSA) is 25.8 Å². The Morgan fingerprint density at radius 3 is 1.79 bits per heavy atom. The van der Waals surface area contributed by atoms with E-state index in [4.69, 9.17) is 0 Å². The van der Waals surface area contributed by atoms with E-state index in [2.05, 4.69) is 82.8 Å². The molecule has 132 valence electrons. The van der Waals surface area contributed by atoms with E-state index in [0.29, 0.717) is 0 Å². The van der Waals surface area contributed by atoms with Crippen LogP contribution in [0, 0.1) is 0 Å². The summed E-state index contributed by atoms with van der Waals surface area (Å²) in [7, 11) is 0. The lowest BCUT2D eigenvalue weighted by Gasteiger charge is -2.01. The number of fused-ring (bicyclic) bond motifs is 6. The largest absolute Gasteiger partial charge is 0.256 e. The SMILES string of the molecule is c1ccc2c(c1)ccc1ncccc12.c1ccc2c(c1)cnc1ccccc12. The highest BCUT2D eigenvalue weighted by Crippen LogP contribution is 2.23. The third-order valence-corrected chi connectivity index (χ3v) is 5.01. The van der Waals surface area contributed by atoms with Crippen molar-refractivity contribution in [3.05, 3.63) is 109 Å². The molecule has 0 radical (unpaired) electrons. The molecule has 0 aliphatic carbocycles. The summed E-state index contributed by atoms with van der Waals surface area (Å²) in [5.74, 6) is 0. The van der Waals surface area contributed by atoms with E-state index < -0.39 is 0 Å². The summed E-state index contributed by atoms with van der Waals surface area (Å²) in [5.41, 5.74) is 2.12. The second-order valence-electron chi connectivity index (χ2n) is 6.72. The van der Waals surface area contributed by atoms with Gasteiger partial charge in [0.2, 0.25) is 0 Å². The van der Waals surface area contributed by atoms with Gasteiger partial charge in [-0.1, -0.05) is 78.9 Å². The minimum Gasteiger partial charge on any atom is -0.256 e. The van der Waals surface area contributed by atoms with Crippen LogP contribution in [0.3, 0.4) is 0 Å². The van der Waals surface area contributed by atoms with Crippen LogP contribution in [-0.2, 0) is 0 Å². The minimum atomic E-state index is 1.06. The van der Waals surface area contributed by atoms with E-state index in [0.717, 1.165) is 11.0 Å². The molecule has 0 atom stereocenters. The maximum atomic E-state index is 4.41. The molecule has 6 rings (SSSR count). The first-order valence-electron chi connectivity index (χ1n) is 9.35. The molecule has 2 aromatic heterocycles. The smallest absolute Gasteiger partial charge is 0.0708 e. The summed E-state index contributed by atoms with van der Waals surface area (Å²) >= 11 is 0. The Hall–Kier alpha value is -3.78. The Balaban J connectivity index is 0.000000122. The first kappa shape index (κ1) is 16.4. The van der Waals surface area contributed by atoms with Gasteiger partial charge in [0.25, 0.3) is 0 Å². The highest BCUT2D eigenvalue weighted by atomic mass is 14.6. The zero-order valence-corrected chi connectivity index (χ0v) is 15.3. The van der Waals surface area contributed by atoms with Crippen molar-refractivity contribution in [1.82, 2.24) is 9.97 Å². The molecular weight excluding hydrogens is 340 g/mol. The molecule has 4 aromatic carbocycles.